The summed E-state index contributed by atoms with van der Waals surface area (Å²) in [5.74, 6) is 0.755. The molecule has 1 aromatic rings. The van der Waals surface area contributed by atoms with E-state index in [-0.39, 0.29) is 11.3 Å². The van der Waals surface area contributed by atoms with Crippen molar-refractivity contribution in [2.75, 3.05) is 7.05 Å². The van der Waals surface area contributed by atoms with Crippen molar-refractivity contribution in [3.05, 3.63) is 23.7 Å². The Morgan fingerprint density at radius 2 is 2.21 bits per heavy atom. The summed E-state index contributed by atoms with van der Waals surface area (Å²) >= 11 is 0. The van der Waals surface area contributed by atoms with Crippen LogP contribution >= 0.6 is 0 Å². The molecule has 3 nitrogen and oxygen atoms in total. The molecule has 0 saturated heterocycles. The van der Waals surface area contributed by atoms with Gasteiger partial charge in [-0.1, -0.05) is 20.8 Å². The first-order valence-electron chi connectivity index (χ1n) is 4.82. The molecule has 0 bridgehead atoms. The van der Waals surface area contributed by atoms with Crippen LogP contribution in [-0.4, -0.2) is 13.0 Å². The molecule has 1 aromatic heterocycles. The van der Waals surface area contributed by atoms with Gasteiger partial charge in [0.25, 0.3) is 5.91 Å². The summed E-state index contributed by atoms with van der Waals surface area (Å²) in [7, 11) is 1.61. The predicted octanol–water partition coefficient (Wildman–Crippen LogP) is 2.33. The van der Waals surface area contributed by atoms with E-state index in [1.54, 1.807) is 7.05 Å². The van der Waals surface area contributed by atoms with Crippen molar-refractivity contribution in [3.63, 3.8) is 0 Å². The second kappa shape index (κ2) is 3.86. The lowest BCUT2D eigenvalue weighted by Crippen LogP contribution is -2.17. The van der Waals surface area contributed by atoms with Gasteiger partial charge >= 0.3 is 0 Å². The van der Waals surface area contributed by atoms with Crippen LogP contribution < -0.4 is 5.32 Å². The maximum absolute atomic E-state index is 11.3. The molecular weight excluding hydrogens is 178 g/mol. The maximum atomic E-state index is 11.3. The summed E-state index contributed by atoms with van der Waals surface area (Å²) in [6, 6.07) is 1.81. The normalized spacial score (nSPS) is 11.4. The number of hydrogen-bond donors (Lipinski definition) is 1. The molecule has 78 valence electrons. The highest BCUT2D eigenvalue weighted by atomic mass is 16.3. The van der Waals surface area contributed by atoms with Crippen molar-refractivity contribution in [2.24, 2.45) is 0 Å². The van der Waals surface area contributed by atoms with Crippen LogP contribution in [0.3, 0.4) is 0 Å². The fourth-order valence-electron chi connectivity index (χ4n) is 1.13. The standard InChI is InChI=1S/C11H17NO2/c1-5-11(2,3)9-6-8(7-14-9)10(13)12-4/h6-7H,5H2,1-4H3,(H,12,13). The van der Waals surface area contributed by atoms with Gasteiger partial charge in [-0.2, -0.15) is 0 Å². The highest BCUT2D eigenvalue weighted by Gasteiger charge is 2.23. The van der Waals surface area contributed by atoms with Crippen molar-refractivity contribution in [3.8, 4) is 0 Å². The number of amides is 1. The van der Waals surface area contributed by atoms with E-state index in [1.807, 2.05) is 6.07 Å². The van der Waals surface area contributed by atoms with Gasteiger partial charge in [0.1, 0.15) is 12.0 Å². The van der Waals surface area contributed by atoms with Crippen LogP contribution in [0.25, 0.3) is 0 Å². The number of carbonyl (C=O) groups excluding carboxylic acids is 1. The Kier molecular flexibility index (Phi) is 2.99. The highest BCUT2D eigenvalue weighted by molar-refractivity contribution is 5.93. The molecule has 0 aliphatic carbocycles. The first-order chi connectivity index (χ1) is 6.51. The van der Waals surface area contributed by atoms with E-state index >= 15 is 0 Å². The van der Waals surface area contributed by atoms with E-state index in [2.05, 4.69) is 26.1 Å². The summed E-state index contributed by atoms with van der Waals surface area (Å²) in [4.78, 5) is 11.3. The second-order valence-electron chi connectivity index (χ2n) is 4.02. The van der Waals surface area contributed by atoms with Gasteiger partial charge in [0.2, 0.25) is 0 Å². The zero-order valence-corrected chi connectivity index (χ0v) is 9.18. The minimum atomic E-state index is -0.105. The molecule has 0 aliphatic heterocycles. The summed E-state index contributed by atoms with van der Waals surface area (Å²) in [5, 5.41) is 2.57. The molecule has 1 heterocycles. The second-order valence-corrected chi connectivity index (χ2v) is 4.02. The summed E-state index contributed by atoms with van der Waals surface area (Å²) in [5.41, 5.74) is 0.579. The molecule has 3 heteroatoms. The van der Waals surface area contributed by atoms with Gasteiger partial charge in [-0.3, -0.25) is 4.79 Å². The largest absolute Gasteiger partial charge is 0.468 e. The van der Waals surface area contributed by atoms with Crippen molar-refractivity contribution in [1.82, 2.24) is 5.32 Å². The number of carbonyl (C=O) groups is 1. The fourth-order valence-corrected chi connectivity index (χ4v) is 1.13. The lowest BCUT2D eigenvalue weighted by molar-refractivity contribution is 0.0962. The molecule has 14 heavy (non-hydrogen) atoms. The topological polar surface area (TPSA) is 42.2 Å². The SMILES string of the molecule is CCC(C)(C)c1cc(C(=O)NC)co1. The minimum absolute atomic E-state index is 0.00767. The summed E-state index contributed by atoms with van der Waals surface area (Å²) in [6.07, 6.45) is 2.49. The van der Waals surface area contributed by atoms with E-state index < -0.39 is 0 Å². The fraction of sp³-hybridized carbons (Fsp3) is 0.545. The molecule has 0 radical (unpaired) electrons. The van der Waals surface area contributed by atoms with E-state index in [4.69, 9.17) is 4.42 Å². The number of nitrogens with one attached hydrogen (secondary N) is 1. The van der Waals surface area contributed by atoms with Crippen LogP contribution in [-0.2, 0) is 5.41 Å². The van der Waals surface area contributed by atoms with Crippen LogP contribution in [0, 0.1) is 0 Å². The van der Waals surface area contributed by atoms with E-state index in [0.29, 0.717) is 5.56 Å². The molecule has 0 atom stereocenters. The molecule has 1 N–H and O–H groups in total. The Labute approximate surface area is 84.5 Å². The highest BCUT2D eigenvalue weighted by Crippen LogP contribution is 2.28. The lowest BCUT2D eigenvalue weighted by atomic mass is 9.87. The number of hydrogen-bond acceptors (Lipinski definition) is 2. The summed E-state index contributed by atoms with van der Waals surface area (Å²) in [6.45, 7) is 6.29. The van der Waals surface area contributed by atoms with Crippen molar-refractivity contribution in [2.45, 2.75) is 32.6 Å². The predicted molar refractivity (Wildman–Crippen MR) is 55.4 cm³/mol. The van der Waals surface area contributed by atoms with Crippen molar-refractivity contribution < 1.29 is 9.21 Å². The molecule has 0 spiro atoms. The lowest BCUT2D eigenvalue weighted by Gasteiger charge is -2.18. The van der Waals surface area contributed by atoms with E-state index in [1.165, 1.54) is 6.26 Å². The van der Waals surface area contributed by atoms with Crippen molar-refractivity contribution >= 4 is 5.91 Å². The quantitative estimate of drug-likeness (QED) is 0.804. The van der Waals surface area contributed by atoms with Gasteiger partial charge in [-0.25, -0.2) is 0 Å². The van der Waals surface area contributed by atoms with E-state index in [0.717, 1.165) is 12.2 Å². The summed E-state index contributed by atoms with van der Waals surface area (Å²) < 4.78 is 5.38. The molecule has 0 aliphatic rings. The van der Waals surface area contributed by atoms with Crippen LogP contribution in [0.4, 0.5) is 0 Å². The van der Waals surface area contributed by atoms with Gasteiger partial charge < -0.3 is 9.73 Å². The Balaban J connectivity index is 2.93. The zero-order valence-electron chi connectivity index (χ0n) is 9.18. The molecule has 1 rings (SSSR count). The van der Waals surface area contributed by atoms with Crippen LogP contribution in [0.15, 0.2) is 16.7 Å². The van der Waals surface area contributed by atoms with Crippen LogP contribution in [0.5, 0.6) is 0 Å². The molecule has 0 unspecified atom stereocenters. The zero-order chi connectivity index (χ0) is 10.8. The minimum Gasteiger partial charge on any atom is -0.468 e. The van der Waals surface area contributed by atoms with Gasteiger partial charge in [0.15, 0.2) is 0 Å². The molecular formula is C11H17NO2. The van der Waals surface area contributed by atoms with Gasteiger partial charge in [-0.15, -0.1) is 0 Å². The van der Waals surface area contributed by atoms with Gasteiger partial charge in [0, 0.05) is 12.5 Å². The average Bonchev–Trinajstić information content (AvgIpc) is 2.66. The smallest absolute Gasteiger partial charge is 0.254 e. The molecule has 0 saturated carbocycles. The Morgan fingerprint density at radius 3 is 2.71 bits per heavy atom. The molecule has 1 amide bonds. The third-order valence-electron chi connectivity index (χ3n) is 2.64. The molecule has 0 aromatic carbocycles. The Bertz CT molecular complexity index is 326. The number of furan rings is 1. The van der Waals surface area contributed by atoms with Gasteiger partial charge in [0.05, 0.1) is 5.56 Å². The van der Waals surface area contributed by atoms with Crippen LogP contribution in [0.2, 0.25) is 0 Å². The van der Waals surface area contributed by atoms with Crippen LogP contribution in [0.1, 0.15) is 43.3 Å². The first kappa shape index (κ1) is 10.8. The first-order valence-corrected chi connectivity index (χ1v) is 4.82. The molecule has 0 fully saturated rings. The Morgan fingerprint density at radius 1 is 1.57 bits per heavy atom. The average molecular weight is 195 g/mol. The number of rotatable bonds is 3. The van der Waals surface area contributed by atoms with Gasteiger partial charge in [-0.05, 0) is 12.5 Å². The monoisotopic (exact) mass is 195 g/mol. The van der Waals surface area contributed by atoms with E-state index in [9.17, 15) is 4.79 Å². The van der Waals surface area contributed by atoms with Crippen molar-refractivity contribution in [1.29, 1.82) is 0 Å². The Hall–Kier alpha value is -1.25. The third kappa shape index (κ3) is 1.97. The maximum Gasteiger partial charge on any atom is 0.254 e. The third-order valence-corrected chi connectivity index (χ3v) is 2.64.